The molecule has 0 bridgehead atoms. The molecule has 0 atom stereocenters. The summed E-state index contributed by atoms with van der Waals surface area (Å²) in [5.41, 5.74) is 5.56. The van der Waals surface area contributed by atoms with E-state index in [0.717, 1.165) is 10.4 Å². The molecule has 0 saturated carbocycles. The maximum absolute atomic E-state index is 12.9. The number of nitrogens with zero attached hydrogens (tertiary/aromatic N) is 2. The van der Waals surface area contributed by atoms with Crippen LogP contribution in [0.1, 0.15) is 5.56 Å². The zero-order valence-electron chi connectivity index (χ0n) is 13.0. The number of non-ortho nitro benzene ring substituents is 1. The highest BCUT2D eigenvalue weighted by atomic mass is 35.5. The normalized spacial score (nSPS) is 11.1. The predicted molar refractivity (Wildman–Crippen MR) is 93.0 cm³/mol. The number of halogens is 1. The third kappa shape index (κ3) is 4.06. The van der Waals surface area contributed by atoms with E-state index < -0.39 is 27.4 Å². The van der Waals surface area contributed by atoms with Gasteiger partial charge in [-0.2, -0.15) is 0 Å². The van der Waals surface area contributed by atoms with Crippen LogP contribution in [0.3, 0.4) is 0 Å². The van der Waals surface area contributed by atoms with Crippen molar-refractivity contribution >= 4 is 38.9 Å². The highest BCUT2D eigenvalue weighted by molar-refractivity contribution is 7.92. The molecular weight excluding hydrogens is 370 g/mol. The summed E-state index contributed by atoms with van der Waals surface area (Å²) in [5, 5.41) is 11.3. The number of primary amides is 1. The van der Waals surface area contributed by atoms with Crippen LogP contribution in [0.4, 0.5) is 11.4 Å². The van der Waals surface area contributed by atoms with E-state index in [2.05, 4.69) is 0 Å². The second-order valence-electron chi connectivity index (χ2n) is 5.17. The van der Waals surface area contributed by atoms with Gasteiger partial charge in [0.2, 0.25) is 5.91 Å². The summed E-state index contributed by atoms with van der Waals surface area (Å²) in [6.07, 6.45) is 0. The molecule has 2 N–H and O–H groups in total. The SMILES string of the molecule is Cc1cc(N(CC(N)=O)S(=O)(=O)c2cccc([N+](=O)[O-])c2)ccc1Cl. The van der Waals surface area contributed by atoms with Crippen molar-refractivity contribution in [2.45, 2.75) is 11.8 Å². The van der Waals surface area contributed by atoms with Crippen LogP contribution in [0.2, 0.25) is 5.02 Å². The Labute approximate surface area is 149 Å². The number of carbonyl (C=O) groups excluding carboxylic acids is 1. The number of nitro groups is 1. The quantitative estimate of drug-likeness (QED) is 0.605. The van der Waals surface area contributed by atoms with Crippen LogP contribution in [-0.2, 0) is 14.8 Å². The van der Waals surface area contributed by atoms with Gasteiger partial charge in [-0.1, -0.05) is 17.7 Å². The smallest absolute Gasteiger partial charge is 0.270 e. The van der Waals surface area contributed by atoms with E-state index in [0.29, 0.717) is 10.6 Å². The van der Waals surface area contributed by atoms with Crippen LogP contribution < -0.4 is 10.0 Å². The first-order chi connectivity index (χ1) is 11.6. The van der Waals surface area contributed by atoms with E-state index in [4.69, 9.17) is 17.3 Å². The molecule has 0 spiro atoms. The Morgan fingerprint density at radius 3 is 2.52 bits per heavy atom. The van der Waals surface area contributed by atoms with Crippen LogP contribution in [0.5, 0.6) is 0 Å². The number of rotatable bonds is 6. The lowest BCUT2D eigenvalue weighted by Crippen LogP contribution is -2.38. The first-order valence-electron chi connectivity index (χ1n) is 6.94. The van der Waals surface area contributed by atoms with Crippen LogP contribution in [0, 0.1) is 17.0 Å². The maximum atomic E-state index is 12.9. The van der Waals surface area contributed by atoms with E-state index in [1.165, 1.54) is 36.4 Å². The van der Waals surface area contributed by atoms with Gasteiger partial charge < -0.3 is 5.73 Å². The van der Waals surface area contributed by atoms with Crippen molar-refractivity contribution in [2.75, 3.05) is 10.8 Å². The second kappa shape index (κ2) is 7.08. The number of hydrogen-bond donors (Lipinski definition) is 1. The van der Waals surface area contributed by atoms with E-state index in [9.17, 15) is 23.3 Å². The van der Waals surface area contributed by atoms with Gasteiger partial charge in [-0.3, -0.25) is 19.2 Å². The molecule has 0 aromatic heterocycles. The molecule has 0 aliphatic rings. The molecule has 0 heterocycles. The standard InChI is InChI=1S/C15H14ClN3O5S/c1-10-7-11(5-6-14(10)16)18(9-15(17)20)25(23,24)13-4-2-3-12(8-13)19(21)22/h2-8H,9H2,1H3,(H2,17,20). The van der Waals surface area contributed by atoms with E-state index in [1.54, 1.807) is 6.92 Å². The van der Waals surface area contributed by atoms with Crippen LogP contribution in [0.25, 0.3) is 0 Å². The Morgan fingerprint density at radius 1 is 1.28 bits per heavy atom. The van der Waals surface area contributed by atoms with Crippen LogP contribution in [-0.4, -0.2) is 25.8 Å². The fourth-order valence-electron chi connectivity index (χ4n) is 2.13. The summed E-state index contributed by atoms with van der Waals surface area (Å²) < 4.78 is 26.6. The minimum atomic E-state index is -4.25. The molecule has 0 aliphatic carbocycles. The van der Waals surface area contributed by atoms with Gasteiger partial charge in [0.05, 0.1) is 15.5 Å². The third-order valence-corrected chi connectivity index (χ3v) is 5.54. The molecule has 132 valence electrons. The van der Waals surface area contributed by atoms with E-state index in [-0.39, 0.29) is 16.3 Å². The second-order valence-corrected chi connectivity index (χ2v) is 7.44. The Hall–Kier alpha value is -2.65. The number of aryl methyl sites for hydroxylation is 1. The molecule has 25 heavy (non-hydrogen) atoms. The zero-order valence-corrected chi connectivity index (χ0v) is 14.6. The van der Waals surface area contributed by atoms with E-state index in [1.807, 2.05) is 0 Å². The molecule has 2 aromatic rings. The van der Waals surface area contributed by atoms with Crippen LogP contribution in [0.15, 0.2) is 47.4 Å². The average Bonchev–Trinajstić information content (AvgIpc) is 2.55. The van der Waals surface area contributed by atoms with Gasteiger partial charge >= 0.3 is 0 Å². The summed E-state index contributed by atoms with van der Waals surface area (Å²) in [4.78, 5) is 21.2. The molecule has 2 aromatic carbocycles. The van der Waals surface area contributed by atoms with Gasteiger partial charge in [-0.15, -0.1) is 0 Å². The fourth-order valence-corrected chi connectivity index (χ4v) is 3.71. The summed E-state index contributed by atoms with van der Waals surface area (Å²) in [6, 6.07) is 8.95. The van der Waals surface area contributed by atoms with Gasteiger partial charge in [0.25, 0.3) is 15.7 Å². The predicted octanol–water partition coefficient (Wildman–Crippen LogP) is 2.24. The lowest BCUT2D eigenvalue weighted by molar-refractivity contribution is -0.385. The number of benzene rings is 2. The monoisotopic (exact) mass is 383 g/mol. The number of anilines is 1. The third-order valence-electron chi connectivity index (χ3n) is 3.35. The molecule has 8 nitrogen and oxygen atoms in total. The van der Waals surface area contributed by atoms with Gasteiger partial charge in [0.1, 0.15) is 6.54 Å². The lowest BCUT2D eigenvalue weighted by atomic mass is 10.2. The molecule has 0 radical (unpaired) electrons. The number of carbonyl (C=O) groups is 1. The number of nitro benzene ring substituents is 1. The first-order valence-corrected chi connectivity index (χ1v) is 8.76. The maximum Gasteiger partial charge on any atom is 0.270 e. The van der Waals surface area contributed by atoms with Crippen LogP contribution >= 0.6 is 11.6 Å². The minimum absolute atomic E-state index is 0.173. The van der Waals surface area contributed by atoms with Crippen molar-refractivity contribution in [3.63, 3.8) is 0 Å². The number of hydrogen-bond acceptors (Lipinski definition) is 5. The van der Waals surface area contributed by atoms with Crippen molar-refractivity contribution in [2.24, 2.45) is 5.73 Å². The fraction of sp³-hybridized carbons (Fsp3) is 0.133. The summed E-state index contributed by atoms with van der Waals surface area (Å²) in [5.74, 6) is -0.874. The summed E-state index contributed by atoms with van der Waals surface area (Å²) in [7, 11) is -4.25. The van der Waals surface area contributed by atoms with Gasteiger partial charge in [-0.25, -0.2) is 8.42 Å². The van der Waals surface area contributed by atoms with Gasteiger partial charge in [0.15, 0.2) is 0 Å². The van der Waals surface area contributed by atoms with Crippen molar-refractivity contribution in [3.8, 4) is 0 Å². The highest BCUT2D eigenvalue weighted by Crippen LogP contribution is 2.28. The Bertz CT molecular complexity index is 946. The van der Waals surface area contributed by atoms with Crippen molar-refractivity contribution in [1.29, 1.82) is 0 Å². The molecule has 10 heteroatoms. The van der Waals surface area contributed by atoms with Crippen molar-refractivity contribution in [3.05, 3.63) is 63.2 Å². The van der Waals surface area contributed by atoms with Gasteiger partial charge in [0, 0.05) is 17.2 Å². The first kappa shape index (κ1) is 18.7. The molecular formula is C15H14ClN3O5S. The van der Waals surface area contributed by atoms with Crippen molar-refractivity contribution in [1.82, 2.24) is 0 Å². The Balaban J connectivity index is 2.59. The summed E-state index contributed by atoms with van der Waals surface area (Å²) >= 11 is 5.94. The highest BCUT2D eigenvalue weighted by Gasteiger charge is 2.28. The Morgan fingerprint density at radius 2 is 1.96 bits per heavy atom. The molecule has 0 saturated heterocycles. The minimum Gasteiger partial charge on any atom is -0.368 e. The molecule has 0 fully saturated rings. The van der Waals surface area contributed by atoms with Gasteiger partial charge in [-0.05, 0) is 36.8 Å². The number of amides is 1. The molecule has 1 amide bonds. The van der Waals surface area contributed by atoms with Crippen molar-refractivity contribution < 1.29 is 18.1 Å². The molecule has 0 aliphatic heterocycles. The summed E-state index contributed by atoms with van der Waals surface area (Å²) in [6.45, 7) is 1.06. The topological polar surface area (TPSA) is 124 Å². The Kier molecular flexibility index (Phi) is 5.29. The van der Waals surface area contributed by atoms with E-state index >= 15 is 0 Å². The zero-order chi connectivity index (χ0) is 18.8. The number of sulfonamides is 1. The number of nitrogens with two attached hydrogens (primary N) is 1. The molecule has 2 rings (SSSR count). The molecule has 0 unspecified atom stereocenters. The lowest BCUT2D eigenvalue weighted by Gasteiger charge is -2.23. The largest absolute Gasteiger partial charge is 0.368 e. The average molecular weight is 384 g/mol.